The Balaban J connectivity index is 2.50. The van der Waals surface area contributed by atoms with E-state index in [1.165, 1.54) is 25.7 Å². The summed E-state index contributed by atoms with van der Waals surface area (Å²) in [5.74, 6) is 0.946. The van der Waals surface area contributed by atoms with Crippen LogP contribution in [0.1, 0.15) is 113 Å². The Morgan fingerprint density at radius 1 is 0.786 bits per heavy atom. The minimum atomic E-state index is -0.292. The third-order valence-corrected chi connectivity index (χ3v) is 5.76. The third-order valence-electron chi connectivity index (χ3n) is 5.76. The summed E-state index contributed by atoms with van der Waals surface area (Å²) in [6, 6.07) is 6.97. The van der Waals surface area contributed by atoms with E-state index in [1.807, 2.05) is 0 Å². The lowest BCUT2D eigenvalue weighted by Gasteiger charge is -2.15. The molecule has 0 fully saturated rings. The van der Waals surface area contributed by atoms with Gasteiger partial charge in [-0.2, -0.15) is 0 Å². The number of ketones is 1. The van der Waals surface area contributed by atoms with Crippen molar-refractivity contribution in [2.45, 2.75) is 91.9 Å². The van der Waals surface area contributed by atoms with E-state index >= 15 is 0 Å². The van der Waals surface area contributed by atoms with Crippen LogP contribution in [0.4, 0.5) is 0 Å². The summed E-state index contributed by atoms with van der Waals surface area (Å²) < 4.78 is 5.49. The number of benzene rings is 1. The molecule has 0 amide bonds. The normalized spacial score (nSPS) is 13.1. The van der Waals surface area contributed by atoms with Crippen molar-refractivity contribution in [3.05, 3.63) is 35.4 Å². The van der Waals surface area contributed by atoms with Crippen molar-refractivity contribution in [1.29, 1.82) is 0 Å². The molecule has 1 aromatic carbocycles. The van der Waals surface area contributed by atoms with Crippen molar-refractivity contribution < 1.29 is 14.3 Å². The van der Waals surface area contributed by atoms with E-state index in [1.54, 1.807) is 24.3 Å². The Labute approximate surface area is 172 Å². The first-order chi connectivity index (χ1) is 13.5. The molecule has 0 saturated carbocycles. The second kappa shape index (κ2) is 14.4. The first-order valence-electron chi connectivity index (χ1n) is 11.4. The van der Waals surface area contributed by atoms with Crippen LogP contribution in [0.3, 0.4) is 0 Å². The zero-order chi connectivity index (χ0) is 20.8. The third kappa shape index (κ3) is 9.03. The molecule has 3 nitrogen and oxygen atoms in total. The van der Waals surface area contributed by atoms with Gasteiger partial charge < -0.3 is 4.74 Å². The molecular weight excluding hydrogens is 348 g/mol. The van der Waals surface area contributed by atoms with Crippen LogP contribution in [0, 0.1) is 11.8 Å². The topological polar surface area (TPSA) is 43.4 Å². The highest BCUT2D eigenvalue weighted by atomic mass is 16.5. The molecule has 0 aromatic heterocycles. The van der Waals surface area contributed by atoms with Crippen LogP contribution in [0.15, 0.2) is 24.3 Å². The van der Waals surface area contributed by atoms with Gasteiger partial charge in [0.25, 0.3) is 0 Å². The summed E-state index contributed by atoms with van der Waals surface area (Å²) >= 11 is 0. The number of Topliss-reactive ketones (excluding diaryl/α,β-unsaturated/α-hetero) is 1. The lowest BCUT2D eigenvalue weighted by Crippen LogP contribution is -2.14. The van der Waals surface area contributed by atoms with Crippen LogP contribution in [0.25, 0.3) is 0 Å². The van der Waals surface area contributed by atoms with Crippen molar-refractivity contribution in [2.75, 3.05) is 6.61 Å². The molecule has 0 aliphatic rings. The van der Waals surface area contributed by atoms with Gasteiger partial charge in [-0.15, -0.1) is 0 Å². The van der Waals surface area contributed by atoms with E-state index < -0.39 is 0 Å². The Morgan fingerprint density at radius 2 is 1.32 bits per heavy atom. The van der Waals surface area contributed by atoms with Gasteiger partial charge in [0.15, 0.2) is 5.78 Å². The standard InChI is InChI=1S/C25H40O3/c1-5-9-11-20(7-3)13-18-24(26)22-14-16-23(17-15-22)25(27)28-19-21(8-4)12-10-6-2/h14-17,20-21H,5-13,18-19H2,1-4H3. The number of rotatable bonds is 15. The van der Waals surface area contributed by atoms with Crippen molar-refractivity contribution in [3.63, 3.8) is 0 Å². The maximum absolute atomic E-state index is 12.5. The number of carbonyl (C=O) groups is 2. The van der Waals surface area contributed by atoms with Crippen LogP contribution < -0.4 is 0 Å². The van der Waals surface area contributed by atoms with E-state index in [2.05, 4.69) is 27.7 Å². The van der Waals surface area contributed by atoms with Gasteiger partial charge in [0.1, 0.15) is 0 Å². The zero-order valence-corrected chi connectivity index (χ0v) is 18.5. The number of hydrogen-bond acceptors (Lipinski definition) is 3. The fourth-order valence-electron chi connectivity index (χ4n) is 3.49. The molecule has 28 heavy (non-hydrogen) atoms. The molecule has 0 N–H and O–H groups in total. The molecule has 0 aliphatic carbocycles. The minimum absolute atomic E-state index is 0.167. The molecule has 1 aromatic rings. The second-order valence-corrected chi connectivity index (χ2v) is 7.97. The van der Waals surface area contributed by atoms with Crippen LogP contribution in [0.5, 0.6) is 0 Å². The molecule has 158 valence electrons. The number of hydrogen-bond donors (Lipinski definition) is 0. The average Bonchev–Trinajstić information content (AvgIpc) is 2.73. The quantitative estimate of drug-likeness (QED) is 0.235. The lowest BCUT2D eigenvalue weighted by molar-refractivity contribution is 0.0428. The van der Waals surface area contributed by atoms with Crippen LogP contribution >= 0.6 is 0 Å². The lowest BCUT2D eigenvalue weighted by atomic mass is 9.92. The molecule has 0 spiro atoms. The summed E-state index contributed by atoms with van der Waals surface area (Å²) in [6.45, 7) is 9.20. The van der Waals surface area contributed by atoms with Gasteiger partial charge in [-0.1, -0.05) is 84.8 Å². The van der Waals surface area contributed by atoms with Crippen molar-refractivity contribution >= 4 is 11.8 Å². The molecule has 2 unspecified atom stereocenters. The van der Waals surface area contributed by atoms with Crippen LogP contribution in [0.2, 0.25) is 0 Å². The molecule has 0 heterocycles. The molecule has 0 bridgehead atoms. The van der Waals surface area contributed by atoms with Crippen molar-refractivity contribution in [1.82, 2.24) is 0 Å². The number of carbonyl (C=O) groups excluding carboxylic acids is 2. The van der Waals surface area contributed by atoms with Gasteiger partial charge in [-0.3, -0.25) is 4.79 Å². The highest BCUT2D eigenvalue weighted by Crippen LogP contribution is 2.20. The van der Waals surface area contributed by atoms with Gasteiger partial charge >= 0.3 is 5.97 Å². The van der Waals surface area contributed by atoms with Gasteiger partial charge in [0.2, 0.25) is 0 Å². The van der Waals surface area contributed by atoms with Gasteiger partial charge in [-0.25, -0.2) is 4.79 Å². The summed E-state index contributed by atoms with van der Waals surface area (Å²) in [4.78, 5) is 24.7. The van der Waals surface area contributed by atoms with E-state index in [0.29, 0.717) is 36.0 Å². The first-order valence-corrected chi connectivity index (χ1v) is 11.4. The Morgan fingerprint density at radius 3 is 1.86 bits per heavy atom. The summed E-state index contributed by atoms with van der Waals surface area (Å²) in [5, 5.41) is 0. The molecular formula is C25H40O3. The Kier molecular flexibility index (Phi) is 12.5. The van der Waals surface area contributed by atoms with Gasteiger partial charge in [-0.05, 0) is 36.8 Å². The number of unbranched alkanes of at least 4 members (excludes halogenated alkanes) is 2. The first kappa shape index (κ1) is 24.4. The molecule has 2 atom stereocenters. The maximum atomic E-state index is 12.5. The monoisotopic (exact) mass is 388 g/mol. The Bertz CT molecular complexity index is 511. The van der Waals surface area contributed by atoms with Crippen LogP contribution in [-0.2, 0) is 4.74 Å². The minimum Gasteiger partial charge on any atom is -0.462 e. The van der Waals surface area contributed by atoms with Gasteiger partial charge in [0.05, 0.1) is 12.2 Å². The summed E-state index contributed by atoms with van der Waals surface area (Å²) in [6.07, 6.45) is 10.8. The molecule has 0 aliphatic heterocycles. The second-order valence-electron chi connectivity index (χ2n) is 7.97. The van der Waals surface area contributed by atoms with Crippen molar-refractivity contribution in [2.24, 2.45) is 11.8 Å². The van der Waals surface area contributed by atoms with E-state index in [4.69, 9.17) is 4.74 Å². The van der Waals surface area contributed by atoms with E-state index in [0.717, 1.165) is 32.1 Å². The molecule has 0 radical (unpaired) electrons. The van der Waals surface area contributed by atoms with Crippen molar-refractivity contribution in [3.8, 4) is 0 Å². The largest absolute Gasteiger partial charge is 0.462 e. The smallest absolute Gasteiger partial charge is 0.338 e. The van der Waals surface area contributed by atoms with E-state index in [-0.39, 0.29) is 11.8 Å². The molecule has 0 saturated heterocycles. The summed E-state index contributed by atoms with van der Waals surface area (Å²) in [7, 11) is 0. The highest BCUT2D eigenvalue weighted by molar-refractivity contribution is 5.97. The molecule has 3 heteroatoms. The number of esters is 1. The van der Waals surface area contributed by atoms with E-state index in [9.17, 15) is 9.59 Å². The highest BCUT2D eigenvalue weighted by Gasteiger charge is 2.14. The fourth-order valence-corrected chi connectivity index (χ4v) is 3.49. The average molecular weight is 389 g/mol. The maximum Gasteiger partial charge on any atom is 0.338 e. The zero-order valence-electron chi connectivity index (χ0n) is 18.5. The van der Waals surface area contributed by atoms with Crippen LogP contribution in [-0.4, -0.2) is 18.4 Å². The molecule has 1 rings (SSSR count). The SMILES string of the molecule is CCCCC(CC)CCC(=O)c1ccc(C(=O)OCC(CC)CCCC)cc1. The fraction of sp³-hybridized carbons (Fsp3) is 0.680. The number of ether oxygens (including phenoxy) is 1. The predicted molar refractivity (Wildman–Crippen MR) is 117 cm³/mol. The van der Waals surface area contributed by atoms with Gasteiger partial charge in [0, 0.05) is 12.0 Å². The predicted octanol–water partition coefficient (Wildman–Crippen LogP) is 7.24. The summed E-state index contributed by atoms with van der Waals surface area (Å²) in [5.41, 5.74) is 1.22. The Hall–Kier alpha value is -1.64.